The number of hydrogen-bond donors (Lipinski definition) is 6. The van der Waals surface area contributed by atoms with Crippen molar-refractivity contribution < 1.29 is 34.8 Å². The van der Waals surface area contributed by atoms with E-state index in [2.05, 4.69) is 10.6 Å². The third kappa shape index (κ3) is 4.97. The zero-order valence-corrected chi connectivity index (χ0v) is 20.2. The van der Waals surface area contributed by atoms with Crippen LogP contribution in [-0.4, -0.2) is 57.4 Å². The number of phenolic OH excluding ortho intramolecular Hbond substituents is 4. The monoisotopic (exact) mass is 514 g/mol. The molecule has 1 amide bonds. The van der Waals surface area contributed by atoms with Crippen molar-refractivity contribution in [3.8, 4) is 23.0 Å². The van der Waals surface area contributed by atoms with E-state index in [1.807, 2.05) is 0 Å². The number of phenols is 4. The maximum atomic E-state index is 13.3. The van der Waals surface area contributed by atoms with Gasteiger partial charge in [-0.05, 0) is 58.8 Å². The number of nitrogens with one attached hydrogen (secondary N) is 2. The molecule has 6 N–H and O–H groups in total. The molecule has 38 heavy (non-hydrogen) atoms. The Labute approximate surface area is 217 Å². The van der Waals surface area contributed by atoms with Crippen molar-refractivity contribution in [2.24, 2.45) is 0 Å². The van der Waals surface area contributed by atoms with Gasteiger partial charge >= 0.3 is 0 Å². The van der Waals surface area contributed by atoms with Gasteiger partial charge in [-0.1, -0.05) is 30.3 Å². The number of carbonyl (C=O) groups excluding carboxylic acids is 2. The van der Waals surface area contributed by atoms with Gasteiger partial charge in [0.2, 0.25) is 5.78 Å². The predicted octanol–water partition coefficient (Wildman–Crippen LogP) is 3.18. The number of aromatic hydroxyl groups is 4. The van der Waals surface area contributed by atoms with Crippen molar-refractivity contribution >= 4 is 22.5 Å². The lowest BCUT2D eigenvalue weighted by Crippen LogP contribution is -2.43. The molecule has 194 valence electrons. The van der Waals surface area contributed by atoms with Crippen LogP contribution in [0.5, 0.6) is 23.0 Å². The van der Waals surface area contributed by atoms with Gasteiger partial charge < -0.3 is 35.8 Å². The second-order valence-corrected chi connectivity index (χ2v) is 9.15. The summed E-state index contributed by atoms with van der Waals surface area (Å²) in [6.45, 7) is 0.982. The van der Waals surface area contributed by atoms with Gasteiger partial charge in [-0.2, -0.15) is 0 Å². The minimum absolute atomic E-state index is 0.00698. The SMILES string of the molecule is O=C(N[C@H]1CNC[C@@H]1OCc1cc(O)c(C(=O)c2c(O)ccc3ccccc23)c(O)c1)c1ccc(O)cc1. The number of benzene rings is 4. The summed E-state index contributed by atoms with van der Waals surface area (Å²) in [5.74, 6) is -2.08. The summed E-state index contributed by atoms with van der Waals surface area (Å²) < 4.78 is 5.96. The highest BCUT2D eigenvalue weighted by Crippen LogP contribution is 2.36. The molecule has 5 rings (SSSR count). The Morgan fingerprint density at radius 3 is 2.29 bits per heavy atom. The lowest BCUT2D eigenvalue weighted by atomic mass is 9.94. The van der Waals surface area contributed by atoms with Crippen LogP contribution in [0, 0.1) is 0 Å². The molecule has 0 unspecified atom stereocenters. The zero-order valence-electron chi connectivity index (χ0n) is 20.2. The first-order chi connectivity index (χ1) is 18.3. The van der Waals surface area contributed by atoms with E-state index in [0.717, 1.165) is 5.39 Å². The largest absolute Gasteiger partial charge is 0.508 e. The van der Waals surface area contributed by atoms with Crippen LogP contribution in [0.4, 0.5) is 0 Å². The van der Waals surface area contributed by atoms with Crippen LogP contribution in [0.1, 0.15) is 31.8 Å². The third-order valence-corrected chi connectivity index (χ3v) is 6.59. The van der Waals surface area contributed by atoms with E-state index >= 15 is 0 Å². The summed E-state index contributed by atoms with van der Waals surface area (Å²) in [5.41, 5.74) is 0.499. The summed E-state index contributed by atoms with van der Waals surface area (Å²) in [5, 5.41) is 48.5. The van der Waals surface area contributed by atoms with E-state index < -0.39 is 17.3 Å². The van der Waals surface area contributed by atoms with E-state index in [1.165, 1.54) is 42.5 Å². The summed E-state index contributed by atoms with van der Waals surface area (Å²) >= 11 is 0. The van der Waals surface area contributed by atoms with Crippen molar-refractivity contribution in [3.05, 3.63) is 95.1 Å². The first kappa shape index (κ1) is 25.1. The van der Waals surface area contributed by atoms with Crippen LogP contribution in [0.2, 0.25) is 0 Å². The summed E-state index contributed by atoms with van der Waals surface area (Å²) in [6.07, 6.45) is -0.380. The molecular weight excluding hydrogens is 488 g/mol. The van der Waals surface area contributed by atoms with Crippen LogP contribution in [0.25, 0.3) is 10.8 Å². The normalized spacial score (nSPS) is 16.9. The molecule has 1 heterocycles. The molecule has 1 aliphatic heterocycles. The Balaban J connectivity index is 1.30. The highest BCUT2D eigenvalue weighted by atomic mass is 16.5. The van der Waals surface area contributed by atoms with E-state index in [1.54, 1.807) is 30.3 Å². The minimum atomic E-state index is -0.709. The highest BCUT2D eigenvalue weighted by Gasteiger charge is 2.30. The van der Waals surface area contributed by atoms with E-state index in [-0.39, 0.29) is 47.3 Å². The van der Waals surface area contributed by atoms with Crippen LogP contribution in [0.15, 0.2) is 72.8 Å². The summed E-state index contributed by atoms with van der Waals surface area (Å²) in [7, 11) is 0. The third-order valence-electron chi connectivity index (χ3n) is 6.59. The second kappa shape index (κ2) is 10.4. The van der Waals surface area contributed by atoms with Gasteiger partial charge in [0.25, 0.3) is 5.91 Å². The standard InChI is InChI=1S/C29H26N2O7/c32-19-8-5-18(6-9-19)29(37)31-21-13-30-14-25(21)38-15-16-11-23(34)27(24(35)12-16)28(36)26-20-4-2-1-3-17(20)7-10-22(26)33/h1-12,21,25,30,32-35H,13-15H2,(H,31,37)/t21-,25-/m0/s1. The average Bonchev–Trinajstić information content (AvgIpc) is 3.34. The Kier molecular flexibility index (Phi) is 6.87. The minimum Gasteiger partial charge on any atom is -0.508 e. The van der Waals surface area contributed by atoms with Crippen molar-refractivity contribution in [3.63, 3.8) is 0 Å². The smallest absolute Gasteiger partial charge is 0.251 e. The Hall–Kier alpha value is -4.60. The molecule has 1 saturated heterocycles. The Morgan fingerprint density at radius 2 is 1.55 bits per heavy atom. The molecule has 0 bridgehead atoms. The van der Waals surface area contributed by atoms with Gasteiger partial charge in [-0.3, -0.25) is 9.59 Å². The topological polar surface area (TPSA) is 148 Å². The van der Waals surface area contributed by atoms with Crippen LogP contribution in [0.3, 0.4) is 0 Å². The average molecular weight is 515 g/mol. The lowest BCUT2D eigenvalue weighted by molar-refractivity contribution is 0.0356. The molecule has 9 heteroatoms. The molecule has 1 aliphatic rings. The van der Waals surface area contributed by atoms with Crippen LogP contribution < -0.4 is 10.6 Å². The van der Waals surface area contributed by atoms with Crippen molar-refractivity contribution in [2.45, 2.75) is 18.8 Å². The number of ketones is 1. The molecule has 0 aliphatic carbocycles. The van der Waals surface area contributed by atoms with Gasteiger partial charge in [0.15, 0.2) is 0 Å². The van der Waals surface area contributed by atoms with E-state index in [4.69, 9.17) is 4.74 Å². The van der Waals surface area contributed by atoms with Gasteiger partial charge in [-0.25, -0.2) is 0 Å². The quantitative estimate of drug-likeness (QED) is 0.206. The molecular formula is C29H26N2O7. The molecule has 0 radical (unpaired) electrons. The molecule has 4 aromatic carbocycles. The van der Waals surface area contributed by atoms with E-state index in [0.29, 0.717) is 29.6 Å². The van der Waals surface area contributed by atoms with Gasteiger partial charge in [0.05, 0.1) is 24.3 Å². The number of fused-ring (bicyclic) bond motifs is 1. The second-order valence-electron chi connectivity index (χ2n) is 9.15. The fourth-order valence-corrected chi connectivity index (χ4v) is 4.65. The summed E-state index contributed by atoms with van der Waals surface area (Å²) in [6, 6.07) is 18.4. The highest BCUT2D eigenvalue weighted by molar-refractivity contribution is 6.20. The number of carbonyl (C=O) groups is 2. The number of amides is 1. The molecule has 0 spiro atoms. The van der Waals surface area contributed by atoms with Crippen LogP contribution >= 0.6 is 0 Å². The van der Waals surface area contributed by atoms with Crippen molar-refractivity contribution in [2.75, 3.05) is 13.1 Å². The maximum absolute atomic E-state index is 13.3. The molecule has 4 aromatic rings. The zero-order chi connectivity index (χ0) is 26.8. The Morgan fingerprint density at radius 1 is 0.842 bits per heavy atom. The van der Waals surface area contributed by atoms with E-state index in [9.17, 15) is 30.0 Å². The Bertz CT molecular complexity index is 1490. The summed E-state index contributed by atoms with van der Waals surface area (Å²) in [4.78, 5) is 25.9. The van der Waals surface area contributed by atoms with Gasteiger partial charge in [-0.15, -0.1) is 0 Å². The van der Waals surface area contributed by atoms with Gasteiger partial charge in [0, 0.05) is 18.7 Å². The van der Waals surface area contributed by atoms with Gasteiger partial charge in [0.1, 0.15) is 28.6 Å². The number of hydrogen-bond acceptors (Lipinski definition) is 8. The molecule has 2 atom stereocenters. The fraction of sp³-hybridized carbons (Fsp3) is 0.172. The van der Waals surface area contributed by atoms with Crippen LogP contribution in [-0.2, 0) is 11.3 Å². The molecule has 0 saturated carbocycles. The number of rotatable bonds is 7. The molecule has 1 fully saturated rings. The lowest BCUT2D eigenvalue weighted by Gasteiger charge is -2.21. The maximum Gasteiger partial charge on any atom is 0.251 e. The molecule has 9 nitrogen and oxygen atoms in total. The fourth-order valence-electron chi connectivity index (χ4n) is 4.65. The first-order valence-corrected chi connectivity index (χ1v) is 12.0. The number of ether oxygens (including phenoxy) is 1. The first-order valence-electron chi connectivity index (χ1n) is 12.0. The van der Waals surface area contributed by atoms with Crippen molar-refractivity contribution in [1.82, 2.24) is 10.6 Å². The van der Waals surface area contributed by atoms with Crippen molar-refractivity contribution in [1.29, 1.82) is 0 Å². The predicted molar refractivity (Wildman–Crippen MR) is 140 cm³/mol. The molecule has 0 aromatic heterocycles.